The molecule has 3 rings (SSSR count). The molecule has 128 valence electrons. The minimum atomic E-state index is 0.0645. The molecule has 0 saturated carbocycles. The Bertz CT molecular complexity index is 680. The highest BCUT2D eigenvalue weighted by atomic mass is 32.2. The summed E-state index contributed by atoms with van der Waals surface area (Å²) in [6.07, 6.45) is 2.02. The summed E-state index contributed by atoms with van der Waals surface area (Å²) in [5, 5.41) is 4.30. The van der Waals surface area contributed by atoms with Crippen molar-refractivity contribution in [1.82, 2.24) is 9.80 Å². The summed E-state index contributed by atoms with van der Waals surface area (Å²) in [4.78, 5) is 18.3. The quantitative estimate of drug-likeness (QED) is 0.763. The van der Waals surface area contributed by atoms with Gasteiger partial charge in [-0.3, -0.25) is 9.69 Å². The van der Waals surface area contributed by atoms with Crippen molar-refractivity contribution >= 4 is 29.0 Å². The van der Waals surface area contributed by atoms with Gasteiger partial charge in [0.15, 0.2) is 0 Å². The largest absolute Gasteiger partial charge is 0.496 e. The van der Waals surface area contributed by atoms with Crippen LogP contribution in [0.15, 0.2) is 39.9 Å². The average molecular weight is 363 g/mol. The van der Waals surface area contributed by atoms with E-state index in [4.69, 9.17) is 4.74 Å². The zero-order valence-corrected chi connectivity index (χ0v) is 15.7. The molecule has 1 fully saturated rings. The summed E-state index contributed by atoms with van der Waals surface area (Å²) in [6.45, 7) is 4.31. The van der Waals surface area contributed by atoms with Crippen molar-refractivity contribution in [3.8, 4) is 5.75 Å². The third kappa shape index (κ3) is 3.94. The third-order valence-corrected chi connectivity index (χ3v) is 5.74. The second-order valence-electron chi connectivity index (χ2n) is 5.77. The van der Waals surface area contributed by atoms with Gasteiger partial charge >= 0.3 is 0 Å². The number of amides is 1. The van der Waals surface area contributed by atoms with Crippen molar-refractivity contribution in [3.63, 3.8) is 0 Å². The van der Waals surface area contributed by atoms with Gasteiger partial charge in [-0.2, -0.15) is 11.3 Å². The van der Waals surface area contributed by atoms with Gasteiger partial charge in [0.25, 0.3) is 5.91 Å². The summed E-state index contributed by atoms with van der Waals surface area (Å²) < 4.78 is 5.42. The summed E-state index contributed by atoms with van der Waals surface area (Å²) >= 11 is 3.38. The van der Waals surface area contributed by atoms with Gasteiger partial charge in [0.1, 0.15) is 5.75 Å². The molecule has 1 aromatic heterocycles. The van der Waals surface area contributed by atoms with Gasteiger partial charge < -0.3 is 9.64 Å². The molecule has 6 heteroatoms. The van der Waals surface area contributed by atoms with Gasteiger partial charge in [-0.25, -0.2) is 0 Å². The Hall–Kier alpha value is -1.50. The second-order valence-corrected chi connectivity index (χ2v) is 7.43. The number of thioether (sulfide) groups is 1. The number of nitrogens with zero attached hydrogens (tertiary/aromatic N) is 2. The molecular weight excluding hydrogens is 340 g/mol. The maximum absolute atomic E-state index is 12.8. The SMILES string of the molecule is COc1cc(SC)ccc1C(=O)N1CCN(Cc2ccsc2)CC1. The van der Waals surface area contributed by atoms with E-state index in [-0.39, 0.29) is 5.91 Å². The molecule has 0 bridgehead atoms. The summed E-state index contributed by atoms with van der Waals surface area (Å²) in [7, 11) is 1.62. The minimum absolute atomic E-state index is 0.0645. The van der Waals surface area contributed by atoms with Gasteiger partial charge in [-0.15, -0.1) is 11.8 Å². The lowest BCUT2D eigenvalue weighted by molar-refractivity contribution is 0.0625. The van der Waals surface area contributed by atoms with Crippen molar-refractivity contribution in [2.24, 2.45) is 0 Å². The van der Waals surface area contributed by atoms with Crippen LogP contribution in [-0.4, -0.2) is 55.3 Å². The van der Waals surface area contributed by atoms with Crippen molar-refractivity contribution in [2.75, 3.05) is 39.5 Å². The van der Waals surface area contributed by atoms with E-state index in [9.17, 15) is 4.79 Å². The van der Waals surface area contributed by atoms with Crippen molar-refractivity contribution in [2.45, 2.75) is 11.4 Å². The molecule has 4 nitrogen and oxygen atoms in total. The van der Waals surface area contributed by atoms with Crippen LogP contribution in [0.2, 0.25) is 0 Å². The first-order valence-electron chi connectivity index (χ1n) is 7.96. The van der Waals surface area contributed by atoms with Crippen molar-refractivity contribution < 1.29 is 9.53 Å². The number of thiophene rings is 1. The maximum atomic E-state index is 12.8. The molecular formula is C18H22N2O2S2. The van der Waals surface area contributed by atoms with Crippen LogP contribution < -0.4 is 4.74 Å². The predicted octanol–water partition coefficient (Wildman–Crippen LogP) is 3.44. The molecule has 0 unspecified atom stereocenters. The topological polar surface area (TPSA) is 32.8 Å². The van der Waals surface area contributed by atoms with E-state index in [1.54, 1.807) is 30.2 Å². The number of methoxy groups -OCH3 is 1. The Morgan fingerprint density at radius 3 is 2.67 bits per heavy atom. The van der Waals surface area contributed by atoms with Crippen LogP contribution in [0.4, 0.5) is 0 Å². The highest BCUT2D eigenvalue weighted by Gasteiger charge is 2.24. The van der Waals surface area contributed by atoms with E-state index in [1.807, 2.05) is 29.4 Å². The zero-order valence-electron chi connectivity index (χ0n) is 14.0. The van der Waals surface area contributed by atoms with E-state index in [2.05, 4.69) is 21.7 Å². The van der Waals surface area contributed by atoms with Crippen LogP contribution in [0.5, 0.6) is 5.75 Å². The lowest BCUT2D eigenvalue weighted by atomic mass is 10.1. The Morgan fingerprint density at radius 2 is 2.04 bits per heavy atom. The Balaban J connectivity index is 1.62. The van der Waals surface area contributed by atoms with Crippen molar-refractivity contribution in [1.29, 1.82) is 0 Å². The highest BCUT2D eigenvalue weighted by molar-refractivity contribution is 7.98. The van der Waals surface area contributed by atoms with Crippen LogP contribution in [0.25, 0.3) is 0 Å². The summed E-state index contributed by atoms with van der Waals surface area (Å²) in [6, 6.07) is 7.96. The van der Waals surface area contributed by atoms with E-state index in [1.165, 1.54) is 5.56 Å². The molecule has 1 saturated heterocycles. The maximum Gasteiger partial charge on any atom is 0.257 e. The second kappa shape index (κ2) is 8.05. The molecule has 0 radical (unpaired) electrons. The fraction of sp³-hybridized carbons (Fsp3) is 0.389. The number of hydrogen-bond donors (Lipinski definition) is 0. The normalized spacial score (nSPS) is 15.5. The minimum Gasteiger partial charge on any atom is -0.496 e. The number of rotatable bonds is 5. The van der Waals surface area contributed by atoms with E-state index in [0.717, 1.165) is 37.6 Å². The molecule has 1 aromatic carbocycles. The monoisotopic (exact) mass is 362 g/mol. The Morgan fingerprint density at radius 1 is 1.25 bits per heavy atom. The van der Waals surface area contributed by atoms with E-state index >= 15 is 0 Å². The molecule has 0 spiro atoms. The van der Waals surface area contributed by atoms with E-state index < -0.39 is 0 Å². The molecule has 2 heterocycles. The lowest BCUT2D eigenvalue weighted by Crippen LogP contribution is -2.48. The first-order chi connectivity index (χ1) is 11.7. The molecule has 1 amide bonds. The third-order valence-electron chi connectivity index (χ3n) is 4.28. The van der Waals surface area contributed by atoms with Gasteiger partial charge in [-0.05, 0) is 46.8 Å². The van der Waals surface area contributed by atoms with E-state index in [0.29, 0.717) is 11.3 Å². The van der Waals surface area contributed by atoms with Crippen LogP contribution in [-0.2, 0) is 6.54 Å². The van der Waals surface area contributed by atoms with Gasteiger partial charge in [0.05, 0.1) is 12.7 Å². The average Bonchev–Trinajstić information content (AvgIpc) is 3.14. The first-order valence-corrected chi connectivity index (χ1v) is 10.1. The Kier molecular flexibility index (Phi) is 5.81. The Labute approximate surface area is 151 Å². The molecule has 1 aliphatic rings. The standard InChI is InChI=1S/C18H22N2O2S2/c1-22-17-11-15(23-2)3-4-16(17)18(21)20-8-6-19(7-9-20)12-14-5-10-24-13-14/h3-5,10-11,13H,6-9,12H2,1-2H3. The fourth-order valence-electron chi connectivity index (χ4n) is 2.90. The molecule has 0 aliphatic carbocycles. The number of piperazine rings is 1. The van der Waals surface area contributed by atoms with Gasteiger partial charge in [0, 0.05) is 37.6 Å². The predicted molar refractivity (Wildman–Crippen MR) is 100 cm³/mol. The van der Waals surface area contributed by atoms with Crippen LogP contribution in [0.1, 0.15) is 15.9 Å². The number of ether oxygens (including phenoxy) is 1. The number of hydrogen-bond acceptors (Lipinski definition) is 5. The summed E-state index contributed by atoms with van der Waals surface area (Å²) in [5.41, 5.74) is 2.01. The molecule has 1 aliphatic heterocycles. The smallest absolute Gasteiger partial charge is 0.257 e. The number of carbonyl (C=O) groups excluding carboxylic acids is 1. The fourth-order valence-corrected chi connectivity index (χ4v) is 3.98. The summed E-state index contributed by atoms with van der Waals surface area (Å²) in [5.74, 6) is 0.724. The van der Waals surface area contributed by atoms with Crippen molar-refractivity contribution in [3.05, 3.63) is 46.2 Å². The zero-order chi connectivity index (χ0) is 16.9. The first kappa shape index (κ1) is 17.3. The van der Waals surface area contributed by atoms with Crippen LogP contribution in [0.3, 0.4) is 0 Å². The molecule has 2 aromatic rings. The van der Waals surface area contributed by atoms with Gasteiger partial charge in [0.2, 0.25) is 0 Å². The lowest BCUT2D eigenvalue weighted by Gasteiger charge is -2.34. The van der Waals surface area contributed by atoms with Gasteiger partial charge in [-0.1, -0.05) is 0 Å². The number of carbonyl (C=O) groups is 1. The highest BCUT2D eigenvalue weighted by Crippen LogP contribution is 2.26. The molecule has 0 atom stereocenters. The number of benzene rings is 1. The van der Waals surface area contributed by atoms with Crippen LogP contribution in [0, 0.1) is 0 Å². The molecule has 24 heavy (non-hydrogen) atoms. The molecule has 0 N–H and O–H groups in total. The van der Waals surface area contributed by atoms with Crippen LogP contribution >= 0.6 is 23.1 Å².